The standard InChI is InChI=1S/C22H21F3N4O3/c1-31-12-6-11-28-18-10-5-3-8-16(18)26-19(28)13-29-17-9-4-2-7-15(17)20(21(29)30)27-32-14-22(23,24)25/h2-5,7-10H,6,11-14H2,1H3/b27-20+. The highest BCUT2D eigenvalue weighted by Gasteiger charge is 2.36. The number of para-hydroxylation sites is 3. The largest absolute Gasteiger partial charge is 0.425 e. The summed E-state index contributed by atoms with van der Waals surface area (Å²) in [5.74, 6) is 0.117. The summed E-state index contributed by atoms with van der Waals surface area (Å²) in [6.45, 7) is -0.217. The summed E-state index contributed by atoms with van der Waals surface area (Å²) < 4.78 is 44.5. The highest BCUT2D eigenvalue weighted by atomic mass is 19.4. The molecule has 0 N–H and O–H groups in total. The highest BCUT2D eigenvalue weighted by Crippen LogP contribution is 2.31. The Labute approximate surface area is 182 Å². The minimum Gasteiger partial charge on any atom is -0.385 e. The maximum absolute atomic E-state index is 13.1. The smallest absolute Gasteiger partial charge is 0.385 e. The molecule has 1 amide bonds. The van der Waals surface area contributed by atoms with Gasteiger partial charge in [0.1, 0.15) is 5.82 Å². The fourth-order valence-corrected chi connectivity index (χ4v) is 3.68. The van der Waals surface area contributed by atoms with Crippen molar-refractivity contribution in [1.29, 1.82) is 0 Å². The number of aromatic nitrogens is 2. The Kier molecular flexibility index (Phi) is 6.13. The van der Waals surface area contributed by atoms with Crippen LogP contribution in [0.2, 0.25) is 0 Å². The predicted molar refractivity (Wildman–Crippen MR) is 112 cm³/mol. The molecule has 3 aromatic rings. The second-order valence-corrected chi connectivity index (χ2v) is 7.25. The number of imidazole rings is 1. The molecule has 7 nitrogen and oxygen atoms in total. The van der Waals surface area contributed by atoms with Gasteiger partial charge in [-0.25, -0.2) is 4.98 Å². The van der Waals surface area contributed by atoms with Gasteiger partial charge in [0.2, 0.25) is 6.61 Å². The molecule has 0 atom stereocenters. The molecule has 1 aromatic heterocycles. The van der Waals surface area contributed by atoms with Crippen LogP contribution in [0.25, 0.3) is 11.0 Å². The predicted octanol–water partition coefficient (Wildman–Crippen LogP) is 3.90. The summed E-state index contributed by atoms with van der Waals surface area (Å²) >= 11 is 0. The third kappa shape index (κ3) is 4.45. The average molecular weight is 446 g/mol. The van der Waals surface area contributed by atoms with Gasteiger partial charge in [0, 0.05) is 25.8 Å². The number of amides is 1. The first-order valence-electron chi connectivity index (χ1n) is 10.00. The van der Waals surface area contributed by atoms with Crippen LogP contribution >= 0.6 is 0 Å². The van der Waals surface area contributed by atoms with Crippen LogP contribution in [0, 0.1) is 0 Å². The number of halogens is 3. The topological polar surface area (TPSA) is 69.0 Å². The van der Waals surface area contributed by atoms with E-state index in [1.54, 1.807) is 31.4 Å². The zero-order valence-electron chi connectivity index (χ0n) is 17.3. The number of benzene rings is 2. The Balaban J connectivity index is 1.66. The van der Waals surface area contributed by atoms with Crippen molar-refractivity contribution in [1.82, 2.24) is 9.55 Å². The van der Waals surface area contributed by atoms with Crippen LogP contribution in [0.15, 0.2) is 53.7 Å². The van der Waals surface area contributed by atoms with Crippen LogP contribution < -0.4 is 4.90 Å². The van der Waals surface area contributed by atoms with E-state index in [4.69, 9.17) is 9.72 Å². The van der Waals surface area contributed by atoms with Crippen molar-refractivity contribution < 1.29 is 27.5 Å². The number of nitrogens with zero attached hydrogens (tertiary/aromatic N) is 4. The molecule has 0 bridgehead atoms. The number of fused-ring (bicyclic) bond motifs is 2. The van der Waals surface area contributed by atoms with E-state index in [9.17, 15) is 18.0 Å². The average Bonchev–Trinajstić information content (AvgIpc) is 3.24. The lowest BCUT2D eigenvalue weighted by atomic mass is 10.1. The molecule has 0 radical (unpaired) electrons. The number of hydrogen-bond acceptors (Lipinski definition) is 5. The molecule has 0 saturated heterocycles. The summed E-state index contributed by atoms with van der Waals surface area (Å²) in [5, 5.41) is 3.51. The van der Waals surface area contributed by atoms with E-state index in [-0.39, 0.29) is 12.3 Å². The fourth-order valence-electron chi connectivity index (χ4n) is 3.68. The van der Waals surface area contributed by atoms with E-state index in [0.717, 1.165) is 17.5 Å². The van der Waals surface area contributed by atoms with E-state index >= 15 is 0 Å². The van der Waals surface area contributed by atoms with E-state index in [1.807, 2.05) is 28.8 Å². The van der Waals surface area contributed by atoms with Crippen molar-refractivity contribution in [2.45, 2.75) is 25.7 Å². The maximum Gasteiger partial charge on any atom is 0.425 e. The minimum atomic E-state index is -4.54. The number of methoxy groups -OCH3 is 1. The fraction of sp³-hybridized carbons (Fsp3) is 0.318. The monoisotopic (exact) mass is 446 g/mol. The normalized spacial score (nSPS) is 15.1. The summed E-state index contributed by atoms with van der Waals surface area (Å²) in [4.78, 5) is 23.7. The van der Waals surface area contributed by atoms with Gasteiger partial charge in [0.05, 0.1) is 23.3 Å². The molecule has 1 aliphatic heterocycles. The molecule has 0 aliphatic carbocycles. The molecule has 4 rings (SSSR count). The number of aryl methyl sites for hydroxylation is 1. The molecule has 0 unspecified atom stereocenters. The van der Waals surface area contributed by atoms with Crippen LogP contribution in [-0.4, -0.2) is 47.7 Å². The molecule has 0 fully saturated rings. The first kappa shape index (κ1) is 21.8. The van der Waals surface area contributed by atoms with Gasteiger partial charge in [-0.15, -0.1) is 0 Å². The van der Waals surface area contributed by atoms with Crippen molar-refractivity contribution in [3.8, 4) is 0 Å². The second-order valence-electron chi connectivity index (χ2n) is 7.25. The lowest BCUT2D eigenvalue weighted by Gasteiger charge is -2.17. The highest BCUT2D eigenvalue weighted by molar-refractivity contribution is 6.54. The molecule has 2 heterocycles. The third-order valence-electron chi connectivity index (χ3n) is 5.05. The lowest BCUT2D eigenvalue weighted by molar-refractivity contribution is -0.173. The molecule has 0 saturated carbocycles. The first-order valence-corrected chi connectivity index (χ1v) is 10.00. The van der Waals surface area contributed by atoms with Gasteiger partial charge in [0.15, 0.2) is 5.71 Å². The van der Waals surface area contributed by atoms with Gasteiger partial charge in [-0.2, -0.15) is 13.2 Å². The third-order valence-corrected chi connectivity index (χ3v) is 5.05. The molecule has 1 aliphatic rings. The molecule has 2 aromatic carbocycles. The number of carbonyl (C=O) groups is 1. The van der Waals surface area contributed by atoms with Crippen LogP contribution in [0.3, 0.4) is 0 Å². The number of hydrogen-bond donors (Lipinski definition) is 0. The molecular formula is C22H21F3N4O3. The van der Waals surface area contributed by atoms with Crippen molar-refractivity contribution in [3.05, 3.63) is 59.9 Å². The Morgan fingerprint density at radius 3 is 2.62 bits per heavy atom. The van der Waals surface area contributed by atoms with E-state index in [2.05, 4.69) is 9.99 Å². The van der Waals surface area contributed by atoms with E-state index < -0.39 is 18.7 Å². The Morgan fingerprint density at radius 1 is 1.09 bits per heavy atom. The number of alkyl halides is 3. The maximum atomic E-state index is 13.1. The molecule has 10 heteroatoms. The minimum absolute atomic E-state index is 0.135. The lowest BCUT2D eigenvalue weighted by Crippen LogP contribution is -2.31. The SMILES string of the molecule is COCCCn1c(CN2C(=O)/C(=N/OCC(F)(F)F)c3ccccc32)nc2ccccc21. The summed E-state index contributed by atoms with van der Waals surface area (Å²) in [5.41, 5.74) is 2.53. The van der Waals surface area contributed by atoms with Crippen molar-refractivity contribution >= 4 is 28.3 Å². The summed E-state index contributed by atoms with van der Waals surface area (Å²) in [6.07, 6.45) is -3.79. The number of oxime groups is 1. The van der Waals surface area contributed by atoms with Crippen molar-refractivity contribution in [3.63, 3.8) is 0 Å². The zero-order chi connectivity index (χ0) is 22.7. The number of carbonyl (C=O) groups excluding carboxylic acids is 1. The number of anilines is 1. The van der Waals surface area contributed by atoms with Crippen LogP contribution in [0.5, 0.6) is 0 Å². The van der Waals surface area contributed by atoms with Gasteiger partial charge in [-0.1, -0.05) is 35.5 Å². The first-order chi connectivity index (χ1) is 15.4. The van der Waals surface area contributed by atoms with Gasteiger partial charge < -0.3 is 14.1 Å². The second kappa shape index (κ2) is 8.99. The Bertz CT molecular complexity index is 1160. The number of ether oxygens (including phenoxy) is 1. The molecule has 0 spiro atoms. The van der Waals surface area contributed by atoms with E-state index in [1.165, 1.54) is 4.90 Å². The molecule has 32 heavy (non-hydrogen) atoms. The van der Waals surface area contributed by atoms with Crippen molar-refractivity contribution in [2.75, 3.05) is 25.2 Å². The quantitative estimate of drug-likeness (QED) is 0.389. The Hall–Kier alpha value is -3.40. The van der Waals surface area contributed by atoms with Gasteiger partial charge in [-0.3, -0.25) is 9.69 Å². The van der Waals surface area contributed by atoms with Crippen LogP contribution in [0.1, 0.15) is 17.8 Å². The molecular weight excluding hydrogens is 425 g/mol. The van der Waals surface area contributed by atoms with Crippen LogP contribution in [-0.2, 0) is 27.5 Å². The van der Waals surface area contributed by atoms with E-state index in [0.29, 0.717) is 30.2 Å². The zero-order valence-corrected chi connectivity index (χ0v) is 17.3. The van der Waals surface area contributed by atoms with Crippen molar-refractivity contribution in [2.24, 2.45) is 5.16 Å². The van der Waals surface area contributed by atoms with Gasteiger partial charge in [-0.05, 0) is 24.6 Å². The molecule has 168 valence electrons. The summed E-state index contributed by atoms with van der Waals surface area (Å²) in [6, 6.07) is 14.4. The Morgan fingerprint density at radius 2 is 1.84 bits per heavy atom. The number of rotatable bonds is 8. The van der Waals surface area contributed by atoms with Crippen LogP contribution in [0.4, 0.5) is 18.9 Å². The summed E-state index contributed by atoms with van der Waals surface area (Å²) in [7, 11) is 1.63. The van der Waals surface area contributed by atoms with Gasteiger partial charge in [0.25, 0.3) is 5.91 Å². The van der Waals surface area contributed by atoms with Gasteiger partial charge >= 0.3 is 6.18 Å².